The number of aryl methyl sites for hydroxylation is 1. The summed E-state index contributed by atoms with van der Waals surface area (Å²) in [7, 11) is 0. The van der Waals surface area contributed by atoms with Crippen LogP contribution in [0.25, 0.3) is 0 Å². The Hall–Kier alpha value is -1.06. The van der Waals surface area contributed by atoms with Crippen molar-refractivity contribution < 1.29 is 4.74 Å². The quantitative estimate of drug-likeness (QED) is 0.756. The largest absolute Gasteiger partial charge is 0.439 e. The van der Waals surface area contributed by atoms with Gasteiger partial charge in [-0.05, 0) is 36.8 Å². The van der Waals surface area contributed by atoms with E-state index in [-0.39, 0.29) is 0 Å². The van der Waals surface area contributed by atoms with Crippen molar-refractivity contribution in [2.24, 2.45) is 0 Å². The van der Waals surface area contributed by atoms with Crippen molar-refractivity contribution in [3.05, 3.63) is 51.6 Å². The van der Waals surface area contributed by atoms with Crippen LogP contribution in [0.3, 0.4) is 0 Å². The molecule has 0 amide bonds. The molecule has 2 aromatic rings. The number of ether oxygens (including phenoxy) is 1. The second kappa shape index (κ2) is 4.85. The summed E-state index contributed by atoms with van der Waals surface area (Å²) in [5.41, 5.74) is 1.11. The van der Waals surface area contributed by atoms with Crippen LogP contribution in [0.4, 0.5) is 0 Å². The Bertz CT molecular complexity index is 516. The van der Waals surface area contributed by atoms with Crippen molar-refractivity contribution in [1.82, 2.24) is 4.98 Å². The van der Waals surface area contributed by atoms with Crippen LogP contribution >= 0.6 is 27.5 Å². The molecule has 2 nitrogen and oxygen atoms in total. The van der Waals surface area contributed by atoms with E-state index in [1.165, 1.54) is 0 Å². The first-order chi connectivity index (χ1) is 7.65. The van der Waals surface area contributed by atoms with Crippen molar-refractivity contribution in [2.45, 2.75) is 6.92 Å². The summed E-state index contributed by atoms with van der Waals surface area (Å²) >= 11 is 9.20. The van der Waals surface area contributed by atoms with E-state index in [0.29, 0.717) is 11.0 Å². The molecule has 0 unspecified atom stereocenters. The number of pyridine rings is 1. The molecule has 1 aromatic carbocycles. The van der Waals surface area contributed by atoms with Crippen LogP contribution in [-0.4, -0.2) is 4.98 Å². The standard InChI is InChI=1S/C12H9BrClNO/c1-8-7-9(5-6-10(8)13)16-12-4-2-3-11(14)15-12/h2-7H,1H3. The van der Waals surface area contributed by atoms with Crippen molar-refractivity contribution in [3.8, 4) is 11.6 Å². The fourth-order valence-electron chi connectivity index (χ4n) is 1.25. The van der Waals surface area contributed by atoms with Crippen LogP contribution in [0, 0.1) is 6.92 Å². The number of halogens is 2. The van der Waals surface area contributed by atoms with Gasteiger partial charge >= 0.3 is 0 Å². The Morgan fingerprint density at radius 3 is 2.75 bits per heavy atom. The SMILES string of the molecule is Cc1cc(Oc2cccc(Cl)n2)ccc1Br. The number of benzene rings is 1. The smallest absolute Gasteiger partial charge is 0.220 e. The maximum Gasteiger partial charge on any atom is 0.220 e. The molecule has 0 radical (unpaired) electrons. The summed E-state index contributed by atoms with van der Waals surface area (Å²) in [5, 5.41) is 0.423. The maximum atomic E-state index is 5.77. The molecule has 0 aliphatic heterocycles. The molecule has 16 heavy (non-hydrogen) atoms. The molecule has 0 spiro atoms. The number of nitrogens with zero attached hydrogens (tertiary/aromatic N) is 1. The highest BCUT2D eigenvalue weighted by atomic mass is 79.9. The lowest BCUT2D eigenvalue weighted by molar-refractivity contribution is 0.462. The summed E-state index contributed by atoms with van der Waals surface area (Å²) < 4.78 is 6.63. The van der Waals surface area contributed by atoms with E-state index in [2.05, 4.69) is 20.9 Å². The maximum absolute atomic E-state index is 5.77. The topological polar surface area (TPSA) is 22.1 Å². The highest BCUT2D eigenvalue weighted by Gasteiger charge is 2.01. The zero-order valence-corrected chi connectivity index (χ0v) is 10.9. The zero-order chi connectivity index (χ0) is 11.5. The fourth-order valence-corrected chi connectivity index (χ4v) is 1.65. The van der Waals surface area contributed by atoms with E-state index in [9.17, 15) is 0 Å². The Morgan fingerprint density at radius 1 is 1.25 bits per heavy atom. The van der Waals surface area contributed by atoms with Gasteiger partial charge in [-0.25, -0.2) is 4.98 Å². The minimum atomic E-state index is 0.423. The van der Waals surface area contributed by atoms with Crippen molar-refractivity contribution in [3.63, 3.8) is 0 Å². The predicted molar refractivity (Wildman–Crippen MR) is 68.2 cm³/mol. The van der Waals surface area contributed by atoms with Gasteiger partial charge in [-0.1, -0.05) is 33.6 Å². The van der Waals surface area contributed by atoms with E-state index in [4.69, 9.17) is 16.3 Å². The monoisotopic (exact) mass is 297 g/mol. The van der Waals surface area contributed by atoms with Crippen molar-refractivity contribution in [2.75, 3.05) is 0 Å². The Kier molecular flexibility index (Phi) is 3.46. The van der Waals surface area contributed by atoms with Gasteiger partial charge in [0.25, 0.3) is 0 Å². The van der Waals surface area contributed by atoms with Crippen LogP contribution in [0.5, 0.6) is 11.6 Å². The number of aromatic nitrogens is 1. The molecule has 0 saturated heterocycles. The van der Waals surface area contributed by atoms with E-state index < -0.39 is 0 Å². The molecule has 1 aromatic heterocycles. The number of hydrogen-bond acceptors (Lipinski definition) is 2. The first-order valence-electron chi connectivity index (χ1n) is 4.72. The molecule has 2 rings (SSSR count). The summed E-state index contributed by atoms with van der Waals surface area (Å²) in [6, 6.07) is 11.0. The second-order valence-corrected chi connectivity index (χ2v) is 4.55. The molecule has 0 bridgehead atoms. The van der Waals surface area contributed by atoms with Gasteiger partial charge in [0.1, 0.15) is 10.9 Å². The average molecular weight is 299 g/mol. The molecule has 0 aliphatic rings. The van der Waals surface area contributed by atoms with Crippen LogP contribution in [0.2, 0.25) is 5.15 Å². The molecule has 0 atom stereocenters. The lowest BCUT2D eigenvalue weighted by atomic mass is 10.2. The lowest BCUT2D eigenvalue weighted by Crippen LogP contribution is -1.88. The normalized spacial score (nSPS) is 10.2. The van der Waals surface area contributed by atoms with Gasteiger partial charge < -0.3 is 4.74 Å². The molecule has 0 fully saturated rings. The molecule has 82 valence electrons. The van der Waals surface area contributed by atoms with E-state index >= 15 is 0 Å². The minimum Gasteiger partial charge on any atom is -0.439 e. The van der Waals surface area contributed by atoms with Gasteiger partial charge in [-0.15, -0.1) is 0 Å². The van der Waals surface area contributed by atoms with Gasteiger partial charge in [0, 0.05) is 10.5 Å². The number of hydrogen-bond donors (Lipinski definition) is 0. The van der Waals surface area contributed by atoms with Gasteiger partial charge in [-0.3, -0.25) is 0 Å². The third kappa shape index (κ3) is 2.74. The second-order valence-electron chi connectivity index (χ2n) is 3.31. The Morgan fingerprint density at radius 2 is 2.06 bits per heavy atom. The highest BCUT2D eigenvalue weighted by molar-refractivity contribution is 9.10. The number of rotatable bonds is 2. The summed E-state index contributed by atoms with van der Waals surface area (Å²) in [6.07, 6.45) is 0. The van der Waals surface area contributed by atoms with Gasteiger partial charge in [0.05, 0.1) is 0 Å². The molecular weight excluding hydrogens is 289 g/mol. The molecule has 4 heteroatoms. The molecule has 0 aliphatic carbocycles. The fraction of sp³-hybridized carbons (Fsp3) is 0.0833. The first-order valence-corrected chi connectivity index (χ1v) is 5.89. The van der Waals surface area contributed by atoms with Gasteiger partial charge in [0.2, 0.25) is 5.88 Å². The molecule has 0 saturated carbocycles. The summed E-state index contributed by atoms with van der Waals surface area (Å²) in [5.74, 6) is 1.24. The molecular formula is C12H9BrClNO. The van der Waals surface area contributed by atoms with Crippen molar-refractivity contribution in [1.29, 1.82) is 0 Å². The lowest BCUT2D eigenvalue weighted by Gasteiger charge is -2.06. The summed E-state index contributed by atoms with van der Waals surface area (Å²) in [6.45, 7) is 2.00. The highest BCUT2D eigenvalue weighted by Crippen LogP contribution is 2.25. The van der Waals surface area contributed by atoms with Crippen LogP contribution < -0.4 is 4.74 Å². The zero-order valence-electron chi connectivity index (χ0n) is 8.58. The third-order valence-corrected chi connectivity index (χ3v) is 3.14. The van der Waals surface area contributed by atoms with Crippen LogP contribution in [-0.2, 0) is 0 Å². The predicted octanol–water partition coefficient (Wildman–Crippen LogP) is 4.60. The first kappa shape index (κ1) is 11.4. The van der Waals surface area contributed by atoms with Gasteiger partial charge in [-0.2, -0.15) is 0 Å². The van der Waals surface area contributed by atoms with E-state index in [1.807, 2.05) is 25.1 Å². The van der Waals surface area contributed by atoms with E-state index in [0.717, 1.165) is 15.8 Å². The molecule has 1 heterocycles. The third-order valence-electron chi connectivity index (χ3n) is 2.04. The Balaban J connectivity index is 2.24. The summed E-state index contributed by atoms with van der Waals surface area (Å²) in [4.78, 5) is 4.05. The van der Waals surface area contributed by atoms with Gasteiger partial charge in [0.15, 0.2) is 0 Å². The Labute approximate surface area is 107 Å². The van der Waals surface area contributed by atoms with Crippen LogP contribution in [0.15, 0.2) is 40.9 Å². The van der Waals surface area contributed by atoms with E-state index in [1.54, 1.807) is 18.2 Å². The van der Waals surface area contributed by atoms with Crippen LogP contribution in [0.1, 0.15) is 5.56 Å². The minimum absolute atomic E-state index is 0.423. The molecule has 0 N–H and O–H groups in total. The average Bonchev–Trinajstić information content (AvgIpc) is 2.24. The van der Waals surface area contributed by atoms with Crippen molar-refractivity contribution >= 4 is 27.5 Å².